The molecule has 0 saturated heterocycles. The second kappa shape index (κ2) is 4.33. The van der Waals surface area contributed by atoms with Crippen LogP contribution in [0.3, 0.4) is 0 Å². The van der Waals surface area contributed by atoms with E-state index < -0.39 is 11.4 Å². The van der Waals surface area contributed by atoms with Crippen LogP contribution in [0, 0.1) is 17.3 Å². The van der Waals surface area contributed by atoms with E-state index >= 15 is 0 Å². The Morgan fingerprint density at radius 3 is 2.57 bits per heavy atom. The van der Waals surface area contributed by atoms with Crippen LogP contribution in [0.4, 0.5) is 0 Å². The van der Waals surface area contributed by atoms with Gasteiger partial charge in [0.05, 0.1) is 5.41 Å². The minimum atomic E-state index is -0.567. The molecule has 2 heteroatoms. The van der Waals surface area contributed by atoms with Gasteiger partial charge in [0.2, 0.25) is 0 Å². The summed E-state index contributed by atoms with van der Waals surface area (Å²) in [6.45, 7) is 6.39. The molecule has 0 aromatic heterocycles. The first-order valence-electron chi connectivity index (χ1n) is 5.73. The van der Waals surface area contributed by atoms with Crippen LogP contribution in [0.15, 0.2) is 0 Å². The van der Waals surface area contributed by atoms with Gasteiger partial charge in [0, 0.05) is 0 Å². The topological polar surface area (TPSA) is 37.3 Å². The van der Waals surface area contributed by atoms with Crippen molar-refractivity contribution in [2.45, 2.75) is 52.9 Å². The summed E-state index contributed by atoms with van der Waals surface area (Å²) < 4.78 is 0. The van der Waals surface area contributed by atoms with E-state index in [2.05, 4.69) is 20.8 Å². The Kier molecular flexibility index (Phi) is 3.57. The molecule has 82 valence electrons. The highest BCUT2D eigenvalue weighted by molar-refractivity contribution is 5.75. The van der Waals surface area contributed by atoms with Crippen LogP contribution in [-0.4, -0.2) is 11.1 Å². The highest BCUT2D eigenvalue weighted by Crippen LogP contribution is 2.47. The molecule has 1 aliphatic carbocycles. The molecule has 0 aromatic rings. The number of carboxylic acids is 1. The monoisotopic (exact) mass is 198 g/mol. The fraction of sp³-hybridized carbons (Fsp3) is 0.917. The van der Waals surface area contributed by atoms with Gasteiger partial charge in [-0.3, -0.25) is 4.79 Å². The molecule has 2 unspecified atom stereocenters. The lowest BCUT2D eigenvalue weighted by Crippen LogP contribution is -2.29. The van der Waals surface area contributed by atoms with Crippen molar-refractivity contribution in [3.8, 4) is 0 Å². The molecule has 0 heterocycles. The maximum Gasteiger partial charge on any atom is 0.309 e. The van der Waals surface area contributed by atoms with Gasteiger partial charge in [0.15, 0.2) is 0 Å². The third kappa shape index (κ3) is 2.28. The molecule has 0 aromatic carbocycles. The van der Waals surface area contributed by atoms with E-state index in [-0.39, 0.29) is 0 Å². The van der Waals surface area contributed by atoms with Crippen molar-refractivity contribution in [2.24, 2.45) is 17.3 Å². The Bertz CT molecular complexity index is 210. The van der Waals surface area contributed by atoms with Crippen LogP contribution in [0.5, 0.6) is 0 Å². The third-order valence-electron chi connectivity index (χ3n) is 3.54. The molecule has 1 fully saturated rings. The summed E-state index contributed by atoms with van der Waals surface area (Å²) in [5.41, 5.74) is -0.394. The maximum absolute atomic E-state index is 11.3. The predicted octanol–water partition coefficient (Wildman–Crippen LogP) is 3.31. The molecule has 0 aliphatic heterocycles. The van der Waals surface area contributed by atoms with Gasteiger partial charge in [0.1, 0.15) is 0 Å². The van der Waals surface area contributed by atoms with Crippen LogP contribution < -0.4 is 0 Å². The lowest BCUT2D eigenvalue weighted by atomic mass is 9.78. The lowest BCUT2D eigenvalue weighted by molar-refractivity contribution is -0.149. The second-order valence-electron chi connectivity index (χ2n) is 5.20. The smallest absolute Gasteiger partial charge is 0.309 e. The maximum atomic E-state index is 11.3. The summed E-state index contributed by atoms with van der Waals surface area (Å²) in [5.74, 6) is 0.564. The van der Waals surface area contributed by atoms with Crippen molar-refractivity contribution in [2.75, 3.05) is 0 Å². The molecular formula is C12H22O2. The fourth-order valence-electron chi connectivity index (χ4n) is 2.83. The van der Waals surface area contributed by atoms with Crippen LogP contribution in [0.2, 0.25) is 0 Å². The normalized spacial score (nSPS) is 32.4. The quantitative estimate of drug-likeness (QED) is 0.752. The van der Waals surface area contributed by atoms with E-state index in [1.54, 1.807) is 0 Å². The zero-order chi connectivity index (χ0) is 10.8. The number of carbonyl (C=O) groups is 1. The molecule has 1 saturated carbocycles. The molecule has 0 radical (unpaired) electrons. The highest BCUT2D eigenvalue weighted by atomic mass is 16.4. The minimum Gasteiger partial charge on any atom is -0.481 e. The Hall–Kier alpha value is -0.530. The minimum absolute atomic E-state index is 0.394. The van der Waals surface area contributed by atoms with Gasteiger partial charge in [-0.1, -0.05) is 27.2 Å². The molecule has 1 aliphatic rings. The van der Waals surface area contributed by atoms with E-state index in [0.29, 0.717) is 11.8 Å². The Balaban J connectivity index is 2.70. The first-order chi connectivity index (χ1) is 6.50. The molecule has 1 rings (SSSR count). The first kappa shape index (κ1) is 11.5. The van der Waals surface area contributed by atoms with Crippen LogP contribution in [0.1, 0.15) is 52.9 Å². The Morgan fingerprint density at radius 1 is 1.57 bits per heavy atom. The molecule has 1 N–H and O–H groups in total. The van der Waals surface area contributed by atoms with Crippen LogP contribution in [0.25, 0.3) is 0 Å². The van der Waals surface area contributed by atoms with Gasteiger partial charge < -0.3 is 5.11 Å². The van der Waals surface area contributed by atoms with Gasteiger partial charge in [-0.15, -0.1) is 0 Å². The molecule has 0 bridgehead atoms. The summed E-state index contributed by atoms with van der Waals surface area (Å²) in [6, 6.07) is 0. The average Bonchev–Trinajstić information content (AvgIpc) is 2.48. The average molecular weight is 198 g/mol. The summed E-state index contributed by atoms with van der Waals surface area (Å²) >= 11 is 0. The van der Waals surface area contributed by atoms with Crippen molar-refractivity contribution >= 4 is 5.97 Å². The molecule has 2 atom stereocenters. The summed E-state index contributed by atoms with van der Waals surface area (Å²) in [4.78, 5) is 11.3. The first-order valence-corrected chi connectivity index (χ1v) is 5.73. The van der Waals surface area contributed by atoms with Crippen molar-refractivity contribution in [3.05, 3.63) is 0 Å². The third-order valence-corrected chi connectivity index (χ3v) is 3.54. The van der Waals surface area contributed by atoms with Crippen LogP contribution >= 0.6 is 0 Å². The zero-order valence-electron chi connectivity index (χ0n) is 9.55. The van der Waals surface area contributed by atoms with Crippen molar-refractivity contribution in [1.29, 1.82) is 0 Å². The molecule has 2 nitrogen and oxygen atoms in total. The molecule has 0 spiro atoms. The SMILES string of the molecule is CCC1CCC(CC(C)C)(C(=O)O)C1. The second-order valence-corrected chi connectivity index (χ2v) is 5.20. The molecule has 14 heavy (non-hydrogen) atoms. The van der Waals surface area contributed by atoms with Gasteiger partial charge >= 0.3 is 5.97 Å². The number of hydrogen-bond donors (Lipinski definition) is 1. The Morgan fingerprint density at radius 2 is 2.21 bits per heavy atom. The molecule has 0 amide bonds. The standard InChI is InChI=1S/C12H22O2/c1-4-10-5-6-12(8-10,11(13)14)7-9(2)3/h9-10H,4-8H2,1-3H3,(H,13,14). The number of aliphatic carboxylic acids is 1. The van der Waals surface area contributed by atoms with Gasteiger partial charge in [-0.25, -0.2) is 0 Å². The van der Waals surface area contributed by atoms with Crippen LogP contribution in [-0.2, 0) is 4.79 Å². The number of carboxylic acid groups (broad SMARTS) is 1. The lowest BCUT2D eigenvalue weighted by Gasteiger charge is -2.26. The number of rotatable bonds is 4. The van der Waals surface area contributed by atoms with E-state index in [9.17, 15) is 9.90 Å². The number of hydrogen-bond acceptors (Lipinski definition) is 1. The largest absolute Gasteiger partial charge is 0.481 e. The van der Waals surface area contributed by atoms with E-state index in [4.69, 9.17) is 0 Å². The highest BCUT2D eigenvalue weighted by Gasteiger charge is 2.44. The zero-order valence-corrected chi connectivity index (χ0v) is 9.55. The van der Waals surface area contributed by atoms with Crippen molar-refractivity contribution < 1.29 is 9.90 Å². The van der Waals surface area contributed by atoms with Gasteiger partial charge in [-0.2, -0.15) is 0 Å². The predicted molar refractivity (Wildman–Crippen MR) is 57.2 cm³/mol. The van der Waals surface area contributed by atoms with Crippen molar-refractivity contribution in [1.82, 2.24) is 0 Å². The van der Waals surface area contributed by atoms with E-state index in [1.807, 2.05) is 0 Å². The Labute approximate surface area is 86.7 Å². The van der Waals surface area contributed by atoms with E-state index in [0.717, 1.165) is 32.1 Å². The fourth-order valence-corrected chi connectivity index (χ4v) is 2.83. The summed E-state index contributed by atoms with van der Waals surface area (Å²) in [5, 5.41) is 9.33. The summed E-state index contributed by atoms with van der Waals surface area (Å²) in [6.07, 6.45) is 4.87. The summed E-state index contributed by atoms with van der Waals surface area (Å²) in [7, 11) is 0. The van der Waals surface area contributed by atoms with Gasteiger partial charge in [-0.05, 0) is 37.5 Å². The van der Waals surface area contributed by atoms with E-state index in [1.165, 1.54) is 0 Å². The van der Waals surface area contributed by atoms with Crippen molar-refractivity contribution in [3.63, 3.8) is 0 Å². The van der Waals surface area contributed by atoms with Gasteiger partial charge in [0.25, 0.3) is 0 Å². The molecular weight excluding hydrogens is 176 g/mol.